The minimum absolute atomic E-state index is 0.230. The Morgan fingerprint density at radius 1 is 1.05 bits per heavy atom. The highest BCUT2D eigenvalue weighted by Gasteiger charge is 2.35. The zero-order chi connectivity index (χ0) is 15.0. The van der Waals surface area contributed by atoms with Crippen LogP contribution < -0.4 is 5.32 Å². The fourth-order valence-electron chi connectivity index (χ4n) is 3.67. The van der Waals surface area contributed by atoms with Crippen LogP contribution >= 0.6 is 15.9 Å². The third kappa shape index (κ3) is 4.60. The van der Waals surface area contributed by atoms with Gasteiger partial charge < -0.3 is 5.32 Å². The molecule has 0 saturated heterocycles. The van der Waals surface area contributed by atoms with Gasteiger partial charge in [0.25, 0.3) is 0 Å². The summed E-state index contributed by atoms with van der Waals surface area (Å²) in [5.41, 5.74) is 2.10. The first-order valence-corrected chi connectivity index (χ1v) is 8.47. The van der Waals surface area contributed by atoms with E-state index in [0.717, 1.165) is 5.92 Å². The zero-order valence-corrected chi connectivity index (χ0v) is 15.0. The quantitative estimate of drug-likeness (QED) is 0.764. The Morgan fingerprint density at radius 3 is 2.10 bits per heavy atom. The molecule has 1 aliphatic rings. The van der Waals surface area contributed by atoms with E-state index < -0.39 is 0 Å². The summed E-state index contributed by atoms with van der Waals surface area (Å²) in [6, 6.07) is 9.50. The molecule has 2 heteroatoms. The van der Waals surface area contributed by atoms with Gasteiger partial charge in [0.1, 0.15) is 0 Å². The minimum atomic E-state index is 0.230. The van der Waals surface area contributed by atoms with E-state index in [-0.39, 0.29) is 5.54 Å². The van der Waals surface area contributed by atoms with Crippen LogP contribution in [0.4, 0.5) is 0 Å². The maximum absolute atomic E-state index is 3.85. The second-order valence-electron chi connectivity index (χ2n) is 8.18. The van der Waals surface area contributed by atoms with Gasteiger partial charge in [0.15, 0.2) is 0 Å². The van der Waals surface area contributed by atoms with Gasteiger partial charge in [-0.2, -0.15) is 0 Å². The van der Waals surface area contributed by atoms with E-state index in [1.165, 1.54) is 29.3 Å². The van der Waals surface area contributed by atoms with E-state index in [4.69, 9.17) is 0 Å². The Morgan fingerprint density at radius 2 is 1.60 bits per heavy atom. The second kappa shape index (κ2) is 5.81. The smallest absolute Gasteiger partial charge is 0.0175 e. The third-order valence-electron chi connectivity index (χ3n) is 4.05. The number of hydrogen-bond acceptors (Lipinski definition) is 1. The second-order valence-corrected chi connectivity index (χ2v) is 9.10. The van der Waals surface area contributed by atoms with Crippen LogP contribution in [0.3, 0.4) is 0 Å². The van der Waals surface area contributed by atoms with Crippen molar-refractivity contribution < 1.29 is 0 Å². The fraction of sp³-hybridized carbons (Fsp3) is 0.667. The van der Waals surface area contributed by atoms with Crippen LogP contribution in [0.15, 0.2) is 28.7 Å². The van der Waals surface area contributed by atoms with Crippen LogP contribution in [-0.4, -0.2) is 11.6 Å². The lowest BCUT2D eigenvalue weighted by atomic mass is 9.73. The Hall–Kier alpha value is -0.340. The molecule has 0 spiro atoms. The van der Waals surface area contributed by atoms with Gasteiger partial charge in [-0.25, -0.2) is 0 Å². The summed E-state index contributed by atoms with van der Waals surface area (Å²) in [5.74, 6) is 0.742. The third-order valence-corrected chi connectivity index (χ3v) is 4.58. The van der Waals surface area contributed by atoms with E-state index >= 15 is 0 Å². The van der Waals surface area contributed by atoms with Crippen LogP contribution in [0.5, 0.6) is 0 Å². The first-order chi connectivity index (χ1) is 9.15. The van der Waals surface area contributed by atoms with Crippen LogP contribution in [0.1, 0.15) is 65.4 Å². The van der Waals surface area contributed by atoms with Crippen molar-refractivity contribution in [3.05, 3.63) is 34.3 Å². The molecule has 1 aliphatic carbocycles. The van der Waals surface area contributed by atoms with Crippen LogP contribution in [0.2, 0.25) is 0 Å². The summed E-state index contributed by atoms with van der Waals surface area (Å²) >= 11 is 3.50. The van der Waals surface area contributed by atoms with Crippen molar-refractivity contribution in [3.63, 3.8) is 0 Å². The molecule has 1 saturated carbocycles. The lowest BCUT2D eigenvalue weighted by molar-refractivity contribution is 0.176. The van der Waals surface area contributed by atoms with Crippen LogP contribution in [0, 0.1) is 5.41 Å². The van der Waals surface area contributed by atoms with Gasteiger partial charge in [0, 0.05) is 16.1 Å². The molecule has 0 aromatic heterocycles. The summed E-state index contributed by atoms with van der Waals surface area (Å²) in [6.07, 6.45) is 3.75. The van der Waals surface area contributed by atoms with Gasteiger partial charge in [0.05, 0.1) is 0 Å². The predicted octanol–water partition coefficient (Wildman–Crippen LogP) is 5.50. The van der Waals surface area contributed by atoms with Crippen LogP contribution in [-0.2, 0) is 0 Å². The van der Waals surface area contributed by atoms with E-state index in [1.807, 2.05) is 0 Å². The average molecular weight is 338 g/mol. The Labute approximate surface area is 132 Å². The fourth-order valence-corrected chi connectivity index (χ4v) is 3.94. The van der Waals surface area contributed by atoms with E-state index in [9.17, 15) is 0 Å². The SMILES string of the molecule is CC(C)(C)CC(C)(C)NC1CC(c2ccc(Br)cc2)C1. The van der Waals surface area contributed by atoms with E-state index in [0.29, 0.717) is 11.5 Å². The Balaban J connectivity index is 1.83. The highest BCUT2D eigenvalue weighted by Crippen LogP contribution is 2.39. The lowest BCUT2D eigenvalue weighted by Crippen LogP contribution is -2.52. The standard InChI is InChI=1S/C18H28BrN/c1-17(2,3)12-18(4,5)20-16-10-14(11-16)13-6-8-15(19)9-7-13/h6-9,14,16,20H,10-12H2,1-5H3. The molecule has 0 amide bonds. The van der Waals surface area contributed by atoms with Gasteiger partial charge >= 0.3 is 0 Å². The topological polar surface area (TPSA) is 12.0 Å². The van der Waals surface area contributed by atoms with Crippen molar-refractivity contribution in [1.82, 2.24) is 5.32 Å². The summed E-state index contributed by atoms with van der Waals surface area (Å²) < 4.78 is 1.17. The zero-order valence-electron chi connectivity index (χ0n) is 13.5. The molecule has 20 heavy (non-hydrogen) atoms. The van der Waals surface area contributed by atoms with Crippen molar-refractivity contribution in [2.24, 2.45) is 5.41 Å². The molecule has 0 atom stereocenters. The van der Waals surface area contributed by atoms with Crippen LogP contribution in [0.25, 0.3) is 0 Å². The van der Waals surface area contributed by atoms with Gasteiger partial charge in [0.2, 0.25) is 0 Å². The molecule has 1 fully saturated rings. The van der Waals surface area contributed by atoms with Crippen molar-refractivity contribution in [2.45, 2.75) is 71.4 Å². The van der Waals surface area contributed by atoms with Crippen molar-refractivity contribution in [1.29, 1.82) is 0 Å². The molecular weight excluding hydrogens is 310 g/mol. The van der Waals surface area contributed by atoms with Gasteiger partial charge in [-0.05, 0) is 62.1 Å². The predicted molar refractivity (Wildman–Crippen MR) is 91.2 cm³/mol. The molecular formula is C18H28BrN. The number of rotatable bonds is 4. The highest BCUT2D eigenvalue weighted by molar-refractivity contribution is 9.10. The number of nitrogens with one attached hydrogen (secondary N) is 1. The largest absolute Gasteiger partial charge is 0.309 e. The van der Waals surface area contributed by atoms with Gasteiger partial charge in [-0.15, -0.1) is 0 Å². The van der Waals surface area contributed by atoms with E-state index in [1.54, 1.807) is 0 Å². The van der Waals surface area contributed by atoms with Crippen molar-refractivity contribution >= 4 is 15.9 Å². The summed E-state index contributed by atoms with van der Waals surface area (Å²) in [7, 11) is 0. The highest BCUT2D eigenvalue weighted by atomic mass is 79.9. The minimum Gasteiger partial charge on any atom is -0.309 e. The first kappa shape index (κ1) is 16.0. The molecule has 1 aromatic rings. The summed E-state index contributed by atoms with van der Waals surface area (Å²) in [5, 5.41) is 3.85. The maximum Gasteiger partial charge on any atom is 0.0175 e. The number of benzene rings is 1. The summed E-state index contributed by atoms with van der Waals surface area (Å²) in [4.78, 5) is 0. The number of halogens is 1. The van der Waals surface area contributed by atoms with Gasteiger partial charge in [-0.3, -0.25) is 0 Å². The first-order valence-electron chi connectivity index (χ1n) is 7.68. The molecule has 1 N–H and O–H groups in total. The van der Waals surface area contributed by atoms with Gasteiger partial charge in [-0.1, -0.05) is 48.8 Å². The maximum atomic E-state index is 3.85. The Bertz CT molecular complexity index is 435. The molecule has 0 radical (unpaired) electrons. The lowest BCUT2D eigenvalue weighted by Gasteiger charge is -2.43. The molecule has 1 nitrogen and oxygen atoms in total. The van der Waals surface area contributed by atoms with Crippen molar-refractivity contribution in [3.8, 4) is 0 Å². The molecule has 0 heterocycles. The monoisotopic (exact) mass is 337 g/mol. The van der Waals surface area contributed by atoms with Crippen molar-refractivity contribution in [2.75, 3.05) is 0 Å². The molecule has 1 aromatic carbocycles. The molecule has 2 rings (SSSR count). The Kier molecular flexibility index (Phi) is 4.66. The normalized spacial score (nSPS) is 23.5. The molecule has 0 unspecified atom stereocenters. The molecule has 112 valence electrons. The number of hydrogen-bond donors (Lipinski definition) is 1. The summed E-state index contributed by atoms with van der Waals surface area (Å²) in [6.45, 7) is 11.6. The van der Waals surface area contributed by atoms with E-state index in [2.05, 4.69) is 80.1 Å². The molecule has 0 aliphatic heterocycles. The molecule has 0 bridgehead atoms. The average Bonchev–Trinajstić information content (AvgIpc) is 2.21.